The Kier molecular flexibility index (Phi) is 4.06. The molecular formula is C29H32N2O5. The SMILES string of the molecule is CC1CC(O)=C2O[C@H]3[C@H](N4C(=O)c5ccccc5C4=O)CC[C@@]4(O)[C@H]5CC1=C2[C@@]34CCN5CC1CC1. The fourth-order valence-electron chi connectivity index (χ4n) is 8.80. The first-order valence-corrected chi connectivity index (χ1v) is 13.6. The molecule has 2 saturated heterocycles. The van der Waals surface area contributed by atoms with Crippen molar-refractivity contribution in [1.82, 2.24) is 9.80 Å². The van der Waals surface area contributed by atoms with Crippen LogP contribution < -0.4 is 0 Å². The van der Waals surface area contributed by atoms with Crippen LogP contribution in [0.4, 0.5) is 0 Å². The van der Waals surface area contributed by atoms with E-state index in [0.717, 1.165) is 31.0 Å². The number of benzene rings is 1. The minimum atomic E-state index is -1.02. The highest BCUT2D eigenvalue weighted by molar-refractivity contribution is 6.21. The second-order valence-corrected chi connectivity index (χ2v) is 12.3. The summed E-state index contributed by atoms with van der Waals surface area (Å²) < 4.78 is 6.65. The van der Waals surface area contributed by atoms with Gasteiger partial charge in [-0.3, -0.25) is 19.4 Å². The minimum Gasteiger partial charge on any atom is -0.508 e. The van der Waals surface area contributed by atoms with Gasteiger partial charge in [-0.15, -0.1) is 0 Å². The van der Waals surface area contributed by atoms with Crippen molar-refractivity contribution in [2.75, 3.05) is 13.1 Å². The number of aliphatic hydroxyl groups is 2. The summed E-state index contributed by atoms with van der Waals surface area (Å²) in [5.41, 5.74) is 1.43. The van der Waals surface area contributed by atoms with Gasteiger partial charge in [-0.2, -0.15) is 0 Å². The number of imide groups is 1. The third-order valence-electron chi connectivity index (χ3n) is 10.6. The predicted molar refractivity (Wildman–Crippen MR) is 130 cm³/mol. The van der Waals surface area contributed by atoms with E-state index >= 15 is 0 Å². The number of likely N-dealkylation sites (tertiary alicyclic amines) is 1. The van der Waals surface area contributed by atoms with Crippen LogP contribution in [0.15, 0.2) is 46.9 Å². The van der Waals surface area contributed by atoms with Crippen LogP contribution in [0.1, 0.15) is 72.6 Å². The number of fused-ring (bicyclic) bond motifs is 1. The lowest BCUT2D eigenvalue weighted by Gasteiger charge is -2.65. The lowest BCUT2D eigenvalue weighted by atomic mass is 9.47. The van der Waals surface area contributed by atoms with Gasteiger partial charge in [0.1, 0.15) is 11.9 Å². The van der Waals surface area contributed by atoms with Gasteiger partial charge >= 0.3 is 0 Å². The van der Waals surface area contributed by atoms with Crippen LogP contribution in [0.2, 0.25) is 0 Å². The average Bonchev–Trinajstić information content (AvgIpc) is 3.55. The molecule has 2 bridgehead atoms. The zero-order chi connectivity index (χ0) is 24.6. The summed E-state index contributed by atoms with van der Waals surface area (Å²) >= 11 is 0. The summed E-state index contributed by atoms with van der Waals surface area (Å²) in [4.78, 5) is 31.0. The molecule has 4 aliphatic carbocycles. The second-order valence-electron chi connectivity index (χ2n) is 12.3. The Hall–Kier alpha value is -2.64. The van der Waals surface area contributed by atoms with E-state index in [2.05, 4.69) is 11.8 Å². The standard InChI is InChI=1S/C29H32N2O5/c1-15-12-21(32)24-23-19(15)13-22-29(35)9-8-20(31-26(33)17-4-2-3-5-18(17)27(31)34)25(36-24)28(23,29)10-11-30(22)14-16-6-7-16/h2-5,15-16,20,22,25,32,35H,6-14H2,1H3/t15?,20-,22-,25+,28+,29-/m1/s1. The van der Waals surface area contributed by atoms with Crippen LogP contribution in [-0.4, -0.2) is 68.7 Å². The number of rotatable bonds is 3. The number of carbonyl (C=O) groups is 2. The monoisotopic (exact) mass is 488 g/mol. The van der Waals surface area contributed by atoms with Crippen LogP contribution >= 0.6 is 0 Å². The average molecular weight is 489 g/mol. The van der Waals surface area contributed by atoms with Gasteiger partial charge in [-0.1, -0.05) is 24.6 Å². The van der Waals surface area contributed by atoms with Crippen molar-refractivity contribution < 1.29 is 24.5 Å². The molecule has 3 aliphatic heterocycles. The van der Waals surface area contributed by atoms with Gasteiger partial charge < -0.3 is 14.9 Å². The molecule has 6 atom stereocenters. The Bertz CT molecular complexity index is 1260. The molecular weight excluding hydrogens is 456 g/mol. The molecule has 1 unspecified atom stereocenters. The minimum absolute atomic E-state index is 0.00173. The number of piperidine rings is 1. The van der Waals surface area contributed by atoms with Crippen LogP contribution in [0.3, 0.4) is 0 Å². The van der Waals surface area contributed by atoms with E-state index in [0.29, 0.717) is 42.6 Å². The van der Waals surface area contributed by atoms with Gasteiger partial charge in [0.2, 0.25) is 0 Å². The molecule has 7 heteroatoms. The molecule has 2 N–H and O–H groups in total. The van der Waals surface area contributed by atoms with Gasteiger partial charge in [-0.25, -0.2) is 0 Å². The summed E-state index contributed by atoms with van der Waals surface area (Å²) in [6.45, 7) is 4.05. The van der Waals surface area contributed by atoms with Gasteiger partial charge in [0.05, 0.1) is 28.2 Å². The van der Waals surface area contributed by atoms with E-state index in [1.54, 1.807) is 24.3 Å². The lowest BCUT2D eigenvalue weighted by molar-refractivity contribution is -0.218. The molecule has 4 fully saturated rings. The Labute approximate surface area is 210 Å². The van der Waals surface area contributed by atoms with Crippen LogP contribution in [0, 0.1) is 17.3 Å². The summed E-state index contributed by atoms with van der Waals surface area (Å²) in [5, 5.41) is 23.8. The van der Waals surface area contributed by atoms with Crippen molar-refractivity contribution in [3.05, 3.63) is 58.1 Å². The zero-order valence-electron chi connectivity index (χ0n) is 20.6. The van der Waals surface area contributed by atoms with Gasteiger partial charge in [0.25, 0.3) is 11.8 Å². The third-order valence-corrected chi connectivity index (χ3v) is 10.6. The topological polar surface area (TPSA) is 90.3 Å². The van der Waals surface area contributed by atoms with Gasteiger partial charge in [0, 0.05) is 24.6 Å². The largest absolute Gasteiger partial charge is 0.508 e. The smallest absolute Gasteiger partial charge is 0.261 e. The lowest BCUT2D eigenvalue weighted by Crippen LogP contribution is -2.75. The molecule has 1 aromatic rings. The van der Waals surface area contributed by atoms with E-state index in [1.165, 1.54) is 23.3 Å². The molecule has 7 nitrogen and oxygen atoms in total. The van der Waals surface area contributed by atoms with E-state index in [1.807, 2.05) is 0 Å². The van der Waals surface area contributed by atoms with Crippen LogP contribution in [-0.2, 0) is 4.74 Å². The Morgan fingerprint density at radius 1 is 1.06 bits per heavy atom. The maximum absolute atomic E-state index is 13.5. The number of amides is 2. The number of carbonyl (C=O) groups excluding carboxylic acids is 2. The number of aliphatic hydroxyl groups excluding tert-OH is 1. The number of hydrogen-bond donors (Lipinski definition) is 2. The van der Waals surface area contributed by atoms with Gasteiger partial charge in [0.15, 0.2) is 5.76 Å². The van der Waals surface area contributed by atoms with Crippen molar-refractivity contribution >= 4 is 11.8 Å². The second kappa shape index (κ2) is 6.81. The summed E-state index contributed by atoms with van der Waals surface area (Å²) in [7, 11) is 0. The fraction of sp³-hybridized carbons (Fsp3) is 0.586. The Balaban J connectivity index is 1.29. The maximum atomic E-state index is 13.5. The van der Waals surface area contributed by atoms with Gasteiger partial charge in [-0.05, 0) is 69.0 Å². The molecule has 7 aliphatic rings. The molecule has 3 heterocycles. The third kappa shape index (κ3) is 2.37. The molecule has 2 saturated carbocycles. The van der Waals surface area contributed by atoms with Crippen LogP contribution in [0.25, 0.3) is 0 Å². The fourth-order valence-corrected chi connectivity index (χ4v) is 8.80. The van der Waals surface area contributed by atoms with Crippen molar-refractivity contribution in [3.63, 3.8) is 0 Å². The first kappa shape index (κ1) is 21.4. The van der Waals surface area contributed by atoms with Crippen molar-refractivity contribution in [3.8, 4) is 0 Å². The van der Waals surface area contributed by atoms with E-state index in [-0.39, 0.29) is 29.5 Å². The molecule has 0 radical (unpaired) electrons. The summed E-state index contributed by atoms with van der Waals surface area (Å²) in [5.74, 6) is 1.11. The summed E-state index contributed by atoms with van der Waals surface area (Å²) in [6, 6.07) is 6.52. The highest BCUT2D eigenvalue weighted by Gasteiger charge is 2.75. The first-order valence-electron chi connectivity index (χ1n) is 13.6. The predicted octanol–water partition coefficient (Wildman–Crippen LogP) is 3.56. The van der Waals surface area contributed by atoms with E-state index in [4.69, 9.17) is 4.74 Å². The maximum Gasteiger partial charge on any atom is 0.261 e. The number of ether oxygens (including phenoxy) is 1. The molecule has 2 amide bonds. The number of nitrogens with zero attached hydrogens (tertiary/aromatic N) is 2. The molecule has 1 aromatic carbocycles. The Morgan fingerprint density at radius 3 is 2.47 bits per heavy atom. The first-order chi connectivity index (χ1) is 17.3. The van der Waals surface area contributed by atoms with Crippen molar-refractivity contribution in [1.29, 1.82) is 0 Å². The molecule has 8 rings (SSSR count). The number of allylic oxidation sites excluding steroid dienone is 2. The molecule has 36 heavy (non-hydrogen) atoms. The summed E-state index contributed by atoms with van der Waals surface area (Å²) in [6.07, 6.45) is 5.02. The highest BCUT2D eigenvalue weighted by Crippen LogP contribution is 2.69. The van der Waals surface area contributed by atoms with Crippen molar-refractivity contribution in [2.45, 2.75) is 75.7 Å². The quantitative estimate of drug-likeness (QED) is 0.633. The highest BCUT2D eigenvalue weighted by atomic mass is 16.5. The zero-order valence-corrected chi connectivity index (χ0v) is 20.6. The van der Waals surface area contributed by atoms with E-state index in [9.17, 15) is 19.8 Å². The van der Waals surface area contributed by atoms with E-state index < -0.39 is 23.2 Å². The molecule has 0 aromatic heterocycles. The Morgan fingerprint density at radius 2 is 1.78 bits per heavy atom. The molecule has 1 spiro atoms. The van der Waals surface area contributed by atoms with Crippen LogP contribution in [0.5, 0.6) is 0 Å². The van der Waals surface area contributed by atoms with Crippen molar-refractivity contribution in [2.24, 2.45) is 17.3 Å². The molecule has 188 valence electrons. The number of hydrogen-bond acceptors (Lipinski definition) is 6. The normalized spacial score (nSPS) is 41.0.